The average Bonchev–Trinajstić information content (AvgIpc) is 2.80. The molecule has 0 spiro atoms. The van der Waals surface area contributed by atoms with Gasteiger partial charge in [0.15, 0.2) is 0 Å². The summed E-state index contributed by atoms with van der Waals surface area (Å²) in [6, 6.07) is 10.4. The Kier molecular flexibility index (Phi) is 6.77. The average molecular weight is 338 g/mol. The normalized spacial score (nSPS) is 19.8. The molecule has 0 radical (unpaired) electrons. The van der Waals surface area contributed by atoms with Gasteiger partial charge in [0.2, 0.25) is 5.91 Å². The molecule has 1 heterocycles. The zero-order valence-corrected chi connectivity index (χ0v) is 15.9. The van der Waals surface area contributed by atoms with E-state index in [1.54, 1.807) is 0 Å². The lowest BCUT2D eigenvalue weighted by Crippen LogP contribution is -2.46. The number of hydrogen-bond donors (Lipinski definition) is 0. The van der Waals surface area contributed by atoms with Crippen molar-refractivity contribution in [1.29, 1.82) is 0 Å². The van der Waals surface area contributed by atoms with E-state index in [1.807, 2.05) is 30.9 Å². The van der Waals surface area contributed by atoms with E-state index < -0.39 is 0 Å². The monoisotopic (exact) mass is 338 g/mol. The van der Waals surface area contributed by atoms with Gasteiger partial charge in [-0.25, -0.2) is 0 Å². The fraction of sp³-hybridized carbons (Fsp3) is 0.409. The highest BCUT2D eigenvalue weighted by atomic mass is 16.2. The second kappa shape index (κ2) is 8.82. The van der Waals surface area contributed by atoms with Crippen LogP contribution in [0.1, 0.15) is 39.7 Å². The van der Waals surface area contributed by atoms with Gasteiger partial charge in [0.25, 0.3) is 0 Å². The summed E-state index contributed by atoms with van der Waals surface area (Å²) in [6.07, 6.45) is 11.1. The lowest BCUT2D eigenvalue weighted by molar-refractivity contribution is -0.135. The third-order valence-electron chi connectivity index (χ3n) is 4.32. The maximum atomic E-state index is 12.4. The fourth-order valence-electron chi connectivity index (χ4n) is 2.92. The first-order chi connectivity index (χ1) is 12.0. The second-order valence-electron chi connectivity index (χ2n) is 6.86. The molecule has 134 valence electrons. The molecule has 3 nitrogen and oxygen atoms in total. The van der Waals surface area contributed by atoms with Gasteiger partial charge < -0.3 is 0 Å². The first kappa shape index (κ1) is 19.2. The molecule has 1 amide bonds. The van der Waals surface area contributed by atoms with Crippen LogP contribution in [-0.4, -0.2) is 28.9 Å². The van der Waals surface area contributed by atoms with Crippen LogP contribution in [0, 0.1) is 5.41 Å². The van der Waals surface area contributed by atoms with Gasteiger partial charge in [-0.15, -0.1) is 0 Å². The summed E-state index contributed by atoms with van der Waals surface area (Å²) in [6.45, 7) is 10.7. The molecule has 1 aliphatic carbocycles. The smallest absolute Gasteiger partial charge is 0.229 e. The van der Waals surface area contributed by atoms with Crippen LogP contribution in [0.15, 0.2) is 66.4 Å². The third kappa shape index (κ3) is 5.43. The van der Waals surface area contributed by atoms with Crippen LogP contribution >= 0.6 is 0 Å². The van der Waals surface area contributed by atoms with E-state index in [1.165, 1.54) is 5.56 Å². The van der Waals surface area contributed by atoms with Crippen molar-refractivity contribution in [3.05, 3.63) is 72.0 Å². The van der Waals surface area contributed by atoms with Crippen LogP contribution in [0.2, 0.25) is 0 Å². The van der Waals surface area contributed by atoms with E-state index >= 15 is 0 Å². The van der Waals surface area contributed by atoms with Crippen molar-refractivity contribution in [1.82, 2.24) is 9.80 Å². The Labute approximate surface area is 152 Å². The highest BCUT2D eigenvalue weighted by Gasteiger charge is 2.26. The van der Waals surface area contributed by atoms with E-state index in [9.17, 15) is 4.79 Å². The second-order valence-corrected chi connectivity index (χ2v) is 6.86. The Morgan fingerprint density at radius 2 is 1.80 bits per heavy atom. The van der Waals surface area contributed by atoms with Crippen molar-refractivity contribution in [2.75, 3.05) is 13.2 Å². The van der Waals surface area contributed by atoms with Crippen LogP contribution in [-0.2, 0) is 11.3 Å². The van der Waals surface area contributed by atoms with E-state index in [0.29, 0.717) is 13.1 Å². The van der Waals surface area contributed by atoms with Gasteiger partial charge in [-0.2, -0.15) is 0 Å². The minimum atomic E-state index is 0.0286. The maximum absolute atomic E-state index is 12.4. The summed E-state index contributed by atoms with van der Waals surface area (Å²) in [7, 11) is 0. The van der Waals surface area contributed by atoms with Crippen molar-refractivity contribution in [3.63, 3.8) is 0 Å². The van der Waals surface area contributed by atoms with E-state index in [-0.39, 0.29) is 11.3 Å². The zero-order valence-electron chi connectivity index (χ0n) is 15.9. The van der Waals surface area contributed by atoms with Crippen molar-refractivity contribution in [2.45, 2.75) is 40.7 Å². The fourth-order valence-corrected chi connectivity index (χ4v) is 2.92. The molecule has 0 unspecified atom stereocenters. The molecule has 3 rings (SSSR count). The Morgan fingerprint density at radius 1 is 1.08 bits per heavy atom. The lowest BCUT2D eigenvalue weighted by Gasteiger charge is -2.36. The summed E-state index contributed by atoms with van der Waals surface area (Å²) in [4.78, 5) is 16.6. The number of carbonyl (C=O) groups is 1. The largest absolute Gasteiger partial charge is 0.299 e. The van der Waals surface area contributed by atoms with Gasteiger partial charge in [0.1, 0.15) is 0 Å². The van der Waals surface area contributed by atoms with Gasteiger partial charge in [0.05, 0.1) is 6.67 Å². The topological polar surface area (TPSA) is 23.6 Å². The molecule has 1 aromatic rings. The molecule has 0 aromatic heterocycles. The number of nitrogens with zero attached hydrogens (tertiary/aromatic N) is 2. The number of benzene rings is 1. The van der Waals surface area contributed by atoms with Crippen LogP contribution in [0.3, 0.4) is 0 Å². The Balaban J connectivity index is 0.00000109. The van der Waals surface area contributed by atoms with Crippen molar-refractivity contribution in [3.8, 4) is 0 Å². The van der Waals surface area contributed by atoms with Gasteiger partial charge in [-0.1, -0.05) is 76.3 Å². The van der Waals surface area contributed by atoms with Crippen LogP contribution in [0.25, 0.3) is 0 Å². The van der Waals surface area contributed by atoms with Crippen LogP contribution in [0.5, 0.6) is 0 Å². The van der Waals surface area contributed by atoms with E-state index in [2.05, 4.69) is 67.3 Å². The molecule has 1 aliphatic heterocycles. The summed E-state index contributed by atoms with van der Waals surface area (Å²) in [5.74, 6) is 0.207. The predicted molar refractivity (Wildman–Crippen MR) is 105 cm³/mol. The first-order valence-electron chi connectivity index (χ1n) is 9.19. The van der Waals surface area contributed by atoms with Gasteiger partial charge in [0, 0.05) is 30.6 Å². The molecular formula is C22H30N2O. The molecule has 1 fully saturated rings. The molecule has 1 saturated heterocycles. The summed E-state index contributed by atoms with van der Waals surface area (Å²) in [5, 5.41) is 0. The maximum Gasteiger partial charge on any atom is 0.229 e. The summed E-state index contributed by atoms with van der Waals surface area (Å²) >= 11 is 0. The minimum Gasteiger partial charge on any atom is -0.299 e. The summed E-state index contributed by atoms with van der Waals surface area (Å²) in [5.41, 5.74) is 2.30. The minimum absolute atomic E-state index is 0.0286. The van der Waals surface area contributed by atoms with E-state index in [4.69, 9.17) is 0 Å². The first-order valence-corrected chi connectivity index (χ1v) is 9.19. The molecule has 0 saturated carbocycles. The number of hydrogen-bond acceptors (Lipinski definition) is 2. The SMILES string of the molecule is CC.CC1(C)C=CC=C(N2CN(Cc3ccccc3)CCC2=O)C=C1. The molecular weight excluding hydrogens is 308 g/mol. The Hall–Kier alpha value is -2.13. The zero-order chi connectivity index (χ0) is 18.3. The number of allylic oxidation sites excluding steroid dienone is 5. The lowest BCUT2D eigenvalue weighted by atomic mass is 9.93. The molecule has 0 N–H and O–H groups in total. The molecule has 3 heteroatoms. The van der Waals surface area contributed by atoms with Gasteiger partial charge >= 0.3 is 0 Å². The number of carbonyl (C=O) groups excluding carboxylic acids is 1. The number of rotatable bonds is 3. The van der Waals surface area contributed by atoms with E-state index in [0.717, 1.165) is 18.8 Å². The van der Waals surface area contributed by atoms with Crippen molar-refractivity contribution in [2.24, 2.45) is 5.41 Å². The molecule has 2 aliphatic rings. The van der Waals surface area contributed by atoms with Crippen LogP contribution in [0.4, 0.5) is 0 Å². The molecule has 1 aromatic carbocycles. The van der Waals surface area contributed by atoms with Crippen molar-refractivity contribution >= 4 is 5.91 Å². The quantitative estimate of drug-likeness (QED) is 0.795. The molecule has 0 atom stereocenters. The third-order valence-corrected chi connectivity index (χ3v) is 4.32. The Morgan fingerprint density at radius 3 is 2.52 bits per heavy atom. The molecule has 0 bridgehead atoms. The number of amides is 1. The van der Waals surface area contributed by atoms with Gasteiger partial charge in [-0.3, -0.25) is 14.6 Å². The highest BCUT2D eigenvalue weighted by molar-refractivity contribution is 5.79. The Bertz CT molecular complexity index is 656. The summed E-state index contributed by atoms with van der Waals surface area (Å²) < 4.78 is 0. The van der Waals surface area contributed by atoms with Gasteiger partial charge in [-0.05, 0) is 17.7 Å². The predicted octanol–water partition coefficient (Wildman–Crippen LogP) is 4.74. The van der Waals surface area contributed by atoms with Crippen LogP contribution < -0.4 is 0 Å². The highest BCUT2D eigenvalue weighted by Crippen LogP contribution is 2.25. The molecule has 25 heavy (non-hydrogen) atoms. The van der Waals surface area contributed by atoms with Crippen molar-refractivity contribution < 1.29 is 4.79 Å². The standard InChI is InChI=1S/C20H24N2O.C2H6/c1-20(2)12-6-9-18(10-13-20)22-16-21(14-11-19(22)23)15-17-7-4-3-5-8-17;1-2/h3-10,12-13H,11,14-16H2,1-2H3;1-2H3.